The SMILES string of the molecule is CCOCc1nc(NN)cc(NC(C)CSCC)n1. The highest BCUT2D eigenvalue weighted by Crippen LogP contribution is 2.13. The van der Waals surface area contributed by atoms with Crippen LogP contribution in [0.4, 0.5) is 11.6 Å². The van der Waals surface area contributed by atoms with Crippen molar-refractivity contribution < 1.29 is 4.74 Å². The first-order valence-corrected chi connectivity index (χ1v) is 7.61. The largest absolute Gasteiger partial charge is 0.374 e. The number of rotatable bonds is 9. The van der Waals surface area contributed by atoms with Crippen molar-refractivity contribution in [1.82, 2.24) is 9.97 Å². The lowest BCUT2D eigenvalue weighted by molar-refractivity contribution is 0.128. The Hall–Kier alpha value is -1.05. The number of aromatic nitrogens is 2. The summed E-state index contributed by atoms with van der Waals surface area (Å²) in [6.45, 7) is 7.24. The van der Waals surface area contributed by atoms with E-state index in [-0.39, 0.29) is 0 Å². The zero-order chi connectivity index (χ0) is 14.1. The molecule has 0 radical (unpaired) electrons. The highest BCUT2D eigenvalue weighted by Gasteiger charge is 2.07. The molecular formula is C12H23N5OS. The van der Waals surface area contributed by atoms with E-state index in [0.717, 1.165) is 17.3 Å². The number of nitrogens with zero attached hydrogens (tertiary/aromatic N) is 2. The fourth-order valence-electron chi connectivity index (χ4n) is 1.49. The summed E-state index contributed by atoms with van der Waals surface area (Å²) in [6, 6.07) is 2.13. The molecule has 7 heteroatoms. The van der Waals surface area contributed by atoms with Gasteiger partial charge in [0.2, 0.25) is 0 Å². The molecule has 0 aromatic carbocycles. The van der Waals surface area contributed by atoms with Crippen LogP contribution in [0.3, 0.4) is 0 Å². The first kappa shape index (κ1) is 16.0. The lowest BCUT2D eigenvalue weighted by Gasteiger charge is -2.15. The van der Waals surface area contributed by atoms with Gasteiger partial charge in [-0.15, -0.1) is 0 Å². The predicted octanol–water partition coefficient (Wildman–Crippen LogP) is 1.85. The minimum atomic E-state index is 0.338. The third-order valence-electron chi connectivity index (χ3n) is 2.32. The monoisotopic (exact) mass is 285 g/mol. The second-order valence-electron chi connectivity index (χ2n) is 4.04. The van der Waals surface area contributed by atoms with Gasteiger partial charge in [0.1, 0.15) is 18.2 Å². The van der Waals surface area contributed by atoms with E-state index in [4.69, 9.17) is 10.6 Å². The van der Waals surface area contributed by atoms with Crippen LogP contribution in [0.25, 0.3) is 0 Å². The number of anilines is 2. The van der Waals surface area contributed by atoms with Crippen molar-refractivity contribution in [2.24, 2.45) is 5.84 Å². The van der Waals surface area contributed by atoms with Crippen LogP contribution in [0, 0.1) is 0 Å². The molecule has 0 fully saturated rings. The zero-order valence-electron chi connectivity index (χ0n) is 11.8. The van der Waals surface area contributed by atoms with Crippen LogP contribution in [0.2, 0.25) is 0 Å². The lowest BCUT2D eigenvalue weighted by Crippen LogP contribution is -2.20. The van der Waals surface area contributed by atoms with Crippen LogP contribution in [0.5, 0.6) is 0 Å². The van der Waals surface area contributed by atoms with Crippen LogP contribution in [0.15, 0.2) is 6.07 Å². The first-order chi connectivity index (χ1) is 9.19. The van der Waals surface area contributed by atoms with Crippen molar-refractivity contribution in [2.75, 3.05) is 28.9 Å². The number of hydrogen-bond acceptors (Lipinski definition) is 7. The first-order valence-electron chi connectivity index (χ1n) is 6.46. The maximum Gasteiger partial charge on any atom is 0.158 e. The Morgan fingerprint density at radius 1 is 1.37 bits per heavy atom. The average molecular weight is 285 g/mol. The second kappa shape index (κ2) is 8.95. The quantitative estimate of drug-likeness (QED) is 0.471. The van der Waals surface area contributed by atoms with Crippen molar-refractivity contribution in [1.29, 1.82) is 0 Å². The van der Waals surface area contributed by atoms with Crippen LogP contribution in [0.1, 0.15) is 26.6 Å². The Bertz CT molecular complexity index is 377. The van der Waals surface area contributed by atoms with E-state index < -0.39 is 0 Å². The van der Waals surface area contributed by atoms with E-state index in [1.165, 1.54) is 0 Å². The van der Waals surface area contributed by atoms with Crippen LogP contribution in [-0.2, 0) is 11.3 Å². The van der Waals surface area contributed by atoms with Gasteiger partial charge < -0.3 is 15.5 Å². The maximum atomic E-state index is 5.41. The molecule has 1 atom stereocenters. The normalized spacial score (nSPS) is 12.2. The van der Waals surface area contributed by atoms with Gasteiger partial charge in [-0.2, -0.15) is 11.8 Å². The highest BCUT2D eigenvalue weighted by molar-refractivity contribution is 7.99. The Morgan fingerprint density at radius 3 is 2.74 bits per heavy atom. The summed E-state index contributed by atoms with van der Waals surface area (Å²) < 4.78 is 5.32. The molecule has 4 N–H and O–H groups in total. The number of nitrogen functional groups attached to an aromatic ring is 1. The third kappa shape index (κ3) is 6.09. The zero-order valence-corrected chi connectivity index (χ0v) is 12.6. The number of thioether (sulfide) groups is 1. The van der Waals surface area contributed by atoms with Crippen molar-refractivity contribution >= 4 is 23.4 Å². The molecule has 0 aliphatic heterocycles. The topological polar surface area (TPSA) is 85.1 Å². The number of hydrazine groups is 1. The average Bonchev–Trinajstić information content (AvgIpc) is 2.42. The van der Waals surface area contributed by atoms with Crippen molar-refractivity contribution in [3.63, 3.8) is 0 Å². The summed E-state index contributed by atoms with van der Waals surface area (Å²) in [7, 11) is 0. The maximum absolute atomic E-state index is 5.41. The summed E-state index contributed by atoms with van der Waals surface area (Å²) in [5, 5.41) is 3.35. The van der Waals surface area contributed by atoms with Crippen molar-refractivity contribution in [2.45, 2.75) is 33.4 Å². The van der Waals surface area contributed by atoms with E-state index in [9.17, 15) is 0 Å². The molecule has 1 rings (SSSR count). The second-order valence-corrected chi connectivity index (χ2v) is 5.36. The van der Waals surface area contributed by atoms with E-state index >= 15 is 0 Å². The summed E-state index contributed by atoms with van der Waals surface area (Å²) in [5.74, 6) is 9.53. The molecule has 0 aliphatic rings. The molecule has 108 valence electrons. The highest BCUT2D eigenvalue weighted by atomic mass is 32.2. The Balaban J connectivity index is 2.69. The van der Waals surface area contributed by atoms with E-state index in [1.54, 1.807) is 6.07 Å². The molecular weight excluding hydrogens is 262 g/mol. The summed E-state index contributed by atoms with van der Waals surface area (Å²) in [6.07, 6.45) is 0. The molecule has 1 unspecified atom stereocenters. The summed E-state index contributed by atoms with van der Waals surface area (Å²) >= 11 is 1.89. The summed E-state index contributed by atoms with van der Waals surface area (Å²) in [4.78, 5) is 8.66. The van der Waals surface area contributed by atoms with Crippen LogP contribution < -0.4 is 16.6 Å². The van der Waals surface area contributed by atoms with Crippen molar-refractivity contribution in [3.8, 4) is 0 Å². The summed E-state index contributed by atoms with van der Waals surface area (Å²) in [5.41, 5.74) is 2.55. The van der Waals surface area contributed by atoms with Gasteiger partial charge in [-0.3, -0.25) is 0 Å². The fourth-order valence-corrected chi connectivity index (χ4v) is 2.16. The molecule has 1 heterocycles. The molecule has 0 bridgehead atoms. The van der Waals surface area contributed by atoms with Crippen molar-refractivity contribution in [3.05, 3.63) is 11.9 Å². The molecule has 0 amide bonds. The standard InChI is InChI=1S/C12H23N5OS/c1-4-18-7-12-15-10(6-11(16-12)17-13)14-9(3)8-19-5-2/h6,9H,4-5,7-8,13H2,1-3H3,(H2,14,15,16,17). The molecule has 0 aliphatic carbocycles. The predicted molar refractivity (Wildman–Crippen MR) is 81.3 cm³/mol. The Kier molecular flexibility index (Phi) is 7.54. The molecule has 0 spiro atoms. The van der Waals surface area contributed by atoms with Gasteiger partial charge >= 0.3 is 0 Å². The molecule has 6 nitrogen and oxygen atoms in total. The molecule has 1 aromatic rings. The van der Waals surface area contributed by atoms with Gasteiger partial charge in [0.25, 0.3) is 0 Å². The van der Waals surface area contributed by atoms with Gasteiger partial charge in [-0.1, -0.05) is 6.92 Å². The van der Waals surface area contributed by atoms with Crippen LogP contribution in [-0.4, -0.2) is 34.1 Å². The minimum absolute atomic E-state index is 0.338. The number of hydrogen-bond donors (Lipinski definition) is 3. The van der Waals surface area contributed by atoms with Gasteiger partial charge in [-0.05, 0) is 19.6 Å². The molecule has 0 saturated heterocycles. The smallest absolute Gasteiger partial charge is 0.158 e. The molecule has 0 saturated carbocycles. The third-order valence-corrected chi connectivity index (χ3v) is 3.47. The molecule has 19 heavy (non-hydrogen) atoms. The van der Waals surface area contributed by atoms with E-state index in [2.05, 4.69) is 34.6 Å². The lowest BCUT2D eigenvalue weighted by atomic mass is 10.4. The van der Waals surface area contributed by atoms with Gasteiger partial charge in [0, 0.05) is 24.5 Å². The number of nitrogens with two attached hydrogens (primary N) is 1. The fraction of sp³-hybridized carbons (Fsp3) is 0.667. The van der Waals surface area contributed by atoms with Crippen LogP contribution >= 0.6 is 11.8 Å². The number of ether oxygens (including phenoxy) is 1. The van der Waals surface area contributed by atoms with Gasteiger partial charge in [-0.25, -0.2) is 15.8 Å². The van der Waals surface area contributed by atoms with E-state index in [1.807, 2.05) is 18.7 Å². The Labute approximate surface area is 118 Å². The minimum Gasteiger partial charge on any atom is -0.374 e. The van der Waals surface area contributed by atoms with E-state index in [0.29, 0.717) is 30.9 Å². The van der Waals surface area contributed by atoms with Gasteiger partial charge in [0.05, 0.1) is 0 Å². The number of nitrogens with one attached hydrogen (secondary N) is 2. The van der Waals surface area contributed by atoms with Gasteiger partial charge in [0.15, 0.2) is 5.82 Å². The molecule has 1 aromatic heterocycles. The Morgan fingerprint density at radius 2 is 2.11 bits per heavy atom.